The minimum absolute atomic E-state index is 0.194. The van der Waals surface area contributed by atoms with Crippen molar-refractivity contribution >= 4 is 11.8 Å². The molecular weight excluding hydrogens is 216 g/mol. The maximum absolute atomic E-state index is 11.6. The zero-order valence-corrected chi connectivity index (χ0v) is 9.68. The Morgan fingerprint density at radius 1 is 0.875 bits per heavy atom. The molecule has 4 N–H and O–H groups in total. The van der Waals surface area contributed by atoms with Crippen LogP contribution >= 0.6 is 0 Å². The van der Waals surface area contributed by atoms with E-state index in [-0.39, 0.29) is 9.72 Å². The van der Waals surface area contributed by atoms with E-state index in [1.807, 2.05) is 0 Å². The van der Waals surface area contributed by atoms with Crippen LogP contribution in [-0.2, 0) is 9.59 Å². The van der Waals surface area contributed by atoms with Gasteiger partial charge in [0, 0.05) is 27.7 Å². The van der Waals surface area contributed by atoms with Gasteiger partial charge in [0.25, 0.3) is 11.8 Å². The predicted molar refractivity (Wildman–Crippen MR) is 53.8 cm³/mol. The molecule has 0 saturated heterocycles. The summed E-state index contributed by atoms with van der Waals surface area (Å²) < 4.78 is 0. The van der Waals surface area contributed by atoms with Crippen molar-refractivity contribution in [2.75, 3.05) is 0 Å². The van der Waals surface area contributed by atoms with Gasteiger partial charge in [-0.1, -0.05) is 0 Å². The molecule has 0 spiro atoms. The number of primary amides is 2. The monoisotopic (exact) mass is 232 g/mol. The molecule has 0 saturated carbocycles. The van der Waals surface area contributed by atoms with Crippen molar-refractivity contribution in [3.05, 3.63) is 10.4 Å². The number of hydroxylamine groups is 2. The van der Waals surface area contributed by atoms with Crippen LogP contribution in [0.4, 0.5) is 0 Å². The number of rotatable bonds is 4. The van der Waals surface area contributed by atoms with Gasteiger partial charge < -0.3 is 21.9 Å². The third kappa shape index (κ3) is 2.20. The van der Waals surface area contributed by atoms with Crippen molar-refractivity contribution < 1.29 is 19.3 Å². The molecule has 0 radical (unpaired) electrons. The quantitative estimate of drug-likeness (QED) is 0.364. The number of hydrogen-bond acceptors (Lipinski definition) is 4. The molecule has 8 heteroatoms. The largest absolute Gasteiger partial charge is 0.566 e. The molecule has 92 valence electrons. The van der Waals surface area contributed by atoms with Crippen LogP contribution in [0.3, 0.4) is 0 Å². The lowest BCUT2D eigenvalue weighted by Crippen LogP contribution is -2.55. The Hall–Kier alpha value is -1.86. The van der Waals surface area contributed by atoms with Gasteiger partial charge in [0.05, 0.1) is 9.72 Å². The molecule has 8 nitrogen and oxygen atoms in total. The summed E-state index contributed by atoms with van der Waals surface area (Å²) in [6, 6.07) is 0. The molecule has 0 unspecified atom stereocenters. The average molecular weight is 232 g/mol. The highest BCUT2D eigenvalue weighted by atomic mass is 16.6. The van der Waals surface area contributed by atoms with Gasteiger partial charge in [-0.25, -0.2) is 0 Å². The Morgan fingerprint density at radius 3 is 1.19 bits per heavy atom. The first-order valence-electron chi connectivity index (χ1n) is 4.50. The van der Waals surface area contributed by atoms with Crippen molar-refractivity contribution in [1.82, 2.24) is 0 Å². The number of nitrogens with two attached hydrogens (primary N) is 2. The zero-order valence-electron chi connectivity index (χ0n) is 9.68. The fraction of sp³-hybridized carbons (Fsp3) is 0.750. The van der Waals surface area contributed by atoms with Gasteiger partial charge in [-0.05, 0) is 0 Å². The third-order valence-corrected chi connectivity index (χ3v) is 2.33. The number of hydrogen-bond donors (Lipinski definition) is 2. The van der Waals surface area contributed by atoms with E-state index in [1.165, 1.54) is 27.7 Å². The second kappa shape index (κ2) is 3.95. The van der Waals surface area contributed by atoms with Crippen molar-refractivity contribution in [2.45, 2.75) is 38.8 Å². The third-order valence-electron chi connectivity index (χ3n) is 2.33. The van der Waals surface area contributed by atoms with Crippen molar-refractivity contribution in [2.24, 2.45) is 11.5 Å². The first kappa shape index (κ1) is 14.1. The van der Waals surface area contributed by atoms with Gasteiger partial charge in [0.15, 0.2) is 0 Å². The van der Waals surface area contributed by atoms with Crippen LogP contribution in [-0.4, -0.2) is 32.6 Å². The van der Waals surface area contributed by atoms with Gasteiger partial charge in [-0.15, -0.1) is 0 Å². The number of amides is 2. The molecule has 0 aromatic rings. The smallest absolute Gasteiger partial charge is 0.308 e. The molecule has 0 heterocycles. The Bertz CT molecular complexity index is 325. The van der Waals surface area contributed by atoms with E-state index in [2.05, 4.69) is 0 Å². The van der Waals surface area contributed by atoms with Crippen molar-refractivity contribution in [1.29, 1.82) is 0 Å². The maximum Gasteiger partial charge on any atom is 0.308 e. The second-order valence-corrected chi connectivity index (χ2v) is 4.39. The average Bonchev–Trinajstić information content (AvgIpc) is 2.14. The van der Waals surface area contributed by atoms with Crippen LogP contribution in [0, 0.1) is 10.4 Å². The van der Waals surface area contributed by atoms with Crippen LogP contribution in [0.15, 0.2) is 0 Å². The summed E-state index contributed by atoms with van der Waals surface area (Å²) >= 11 is 0. The molecule has 0 aliphatic carbocycles. The van der Waals surface area contributed by atoms with Gasteiger partial charge in [0.2, 0.25) is 0 Å². The molecular formula is C8H16N4O4. The predicted octanol–water partition coefficient (Wildman–Crippen LogP) is -1.01. The molecule has 0 atom stereocenters. The summed E-state index contributed by atoms with van der Waals surface area (Å²) in [6.45, 7) is 4.68. The summed E-state index contributed by atoms with van der Waals surface area (Å²) in [7, 11) is 0. The van der Waals surface area contributed by atoms with E-state index in [4.69, 9.17) is 11.5 Å². The van der Waals surface area contributed by atoms with E-state index < -0.39 is 22.9 Å². The number of nitrogens with zero attached hydrogens (tertiary/aromatic N) is 2. The minimum Gasteiger partial charge on any atom is -0.566 e. The van der Waals surface area contributed by atoms with Crippen molar-refractivity contribution in [3.8, 4) is 0 Å². The molecule has 0 fully saturated rings. The van der Waals surface area contributed by atoms with Gasteiger partial charge in [-0.3, -0.25) is 9.59 Å². The minimum atomic E-state index is -1.76. The summed E-state index contributed by atoms with van der Waals surface area (Å²) in [5.41, 5.74) is 6.42. The Balaban J connectivity index is 5.61. The van der Waals surface area contributed by atoms with Gasteiger partial charge in [-0.2, -0.15) is 0 Å². The lowest BCUT2D eigenvalue weighted by atomic mass is 10.1. The van der Waals surface area contributed by atoms with Gasteiger partial charge in [0.1, 0.15) is 0 Å². The second-order valence-electron chi connectivity index (χ2n) is 4.39. The van der Waals surface area contributed by atoms with Crippen LogP contribution in [0.2, 0.25) is 0 Å². The number of azo groups is 1. The SMILES string of the molecule is CC(C)(C(N)=O)/[N+]([O-])=[N+](/[O-])C(C)(C)C(N)=O. The Labute approximate surface area is 92.7 Å². The summed E-state index contributed by atoms with van der Waals surface area (Å²) in [5.74, 6) is -1.97. The lowest BCUT2D eigenvalue weighted by molar-refractivity contribution is -1.01. The van der Waals surface area contributed by atoms with E-state index in [9.17, 15) is 20.0 Å². The highest BCUT2D eigenvalue weighted by molar-refractivity contribution is 5.82. The van der Waals surface area contributed by atoms with Crippen LogP contribution in [0.25, 0.3) is 0 Å². The van der Waals surface area contributed by atoms with Gasteiger partial charge >= 0.3 is 11.1 Å². The van der Waals surface area contributed by atoms with E-state index in [1.54, 1.807) is 0 Å². The van der Waals surface area contributed by atoms with Crippen LogP contribution < -0.4 is 11.5 Å². The normalized spacial score (nSPS) is 14.2. The van der Waals surface area contributed by atoms with Crippen LogP contribution in [0.5, 0.6) is 0 Å². The van der Waals surface area contributed by atoms with E-state index >= 15 is 0 Å². The molecule has 0 bridgehead atoms. The molecule has 0 aromatic heterocycles. The molecule has 0 aromatic carbocycles. The number of carbonyl (C=O) groups excluding carboxylic acids is 2. The molecule has 16 heavy (non-hydrogen) atoms. The van der Waals surface area contributed by atoms with E-state index in [0.29, 0.717) is 0 Å². The zero-order chi connectivity index (χ0) is 13.3. The Kier molecular flexibility index (Phi) is 3.49. The summed E-state index contributed by atoms with van der Waals surface area (Å²) in [5, 5.41) is 23.2. The lowest BCUT2D eigenvalue weighted by Gasteiger charge is -2.22. The fourth-order valence-electron chi connectivity index (χ4n) is 0.643. The first-order valence-corrected chi connectivity index (χ1v) is 4.50. The highest BCUT2D eigenvalue weighted by Gasteiger charge is 2.47. The molecule has 0 aliphatic heterocycles. The summed E-state index contributed by atoms with van der Waals surface area (Å²) in [6.07, 6.45) is 0. The maximum atomic E-state index is 11.6. The summed E-state index contributed by atoms with van der Waals surface area (Å²) in [4.78, 5) is 21.5. The van der Waals surface area contributed by atoms with E-state index in [0.717, 1.165) is 0 Å². The Morgan fingerprint density at radius 2 is 1.06 bits per heavy atom. The molecule has 0 rings (SSSR count). The van der Waals surface area contributed by atoms with Crippen LogP contribution in [0.1, 0.15) is 27.7 Å². The molecule has 0 aliphatic rings. The fourth-order valence-corrected chi connectivity index (χ4v) is 0.643. The van der Waals surface area contributed by atoms with Crippen molar-refractivity contribution in [3.63, 3.8) is 0 Å². The standard InChI is InChI=1S/C8H16N4O4/c1-7(2,5(9)13)11(15)12(16)8(3,4)6(10)14/h1-4H3,(H2,9,13)(H2,10,14)/b12-11-. The molecule has 2 amide bonds. The number of carbonyl (C=O) groups is 2. The topological polar surface area (TPSA) is 138 Å². The highest BCUT2D eigenvalue weighted by Crippen LogP contribution is 2.13. The first-order chi connectivity index (χ1) is 6.95.